The molecule has 1 unspecified atom stereocenters. The van der Waals surface area contributed by atoms with E-state index in [1.54, 1.807) is 0 Å². The van der Waals surface area contributed by atoms with E-state index in [9.17, 15) is 40.1 Å². The second-order valence-electron chi connectivity index (χ2n) is 6.15. The first-order valence-corrected chi connectivity index (χ1v) is 10.7. The van der Waals surface area contributed by atoms with Crippen LogP contribution in [-0.4, -0.2) is 57.2 Å². The van der Waals surface area contributed by atoms with Crippen LogP contribution in [0, 0.1) is 12.7 Å². The van der Waals surface area contributed by atoms with E-state index in [-0.39, 0.29) is 16.2 Å². The van der Waals surface area contributed by atoms with Gasteiger partial charge in [-0.3, -0.25) is 9.69 Å². The monoisotopic (exact) mass is 452 g/mol. The minimum atomic E-state index is -4.71. The van der Waals surface area contributed by atoms with Crippen LogP contribution in [0.5, 0.6) is 0 Å². The summed E-state index contributed by atoms with van der Waals surface area (Å²) in [7, 11) is -3.40. The molecule has 1 amide bonds. The number of carbonyl (C=O) groups is 1. The van der Waals surface area contributed by atoms with Crippen molar-refractivity contribution in [3.8, 4) is 0 Å². The van der Waals surface area contributed by atoms with Gasteiger partial charge in [0, 0.05) is 4.90 Å². The topological polar surface area (TPSA) is 52.9 Å². The molecule has 4 nitrogen and oxygen atoms in total. The van der Waals surface area contributed by atoms with Gasteiger partial charge in [-0.15, -0.1) is 10.3 Å². The van der Waals surface area contributed by atoms with Gasteiger partial charge in [0.2, 0.25) is 5.91 Å². The lowest BCUT2D eigenvalue weighted by Gasteiger charge is -2.32. The number of amides is 1. The molecule has 1 aliphatic heterocycles. The molecule has 2 rings (SSSR count). The van der Waals surface area contributed by atoms with Gasteiger partial charge in [0.1, 0.15) is 18.0 Å². The molecule has 0 spiro atoms. The van der Waals surface area contributed by atoms with Crippen LogP contribution in [-0.2, 0) is 4.79 Å². The first-order valence-electron chi connectivity index (χ1n) is 7.53. The Kier molecular flexibility index (Phi) is 6.31. The lowest BCUT2D eigenvalue weighted by molar-refractivity contribution is -0.150. The molecule has 1 aromatic rings. The summed E-state index contributed by atoms with van der Waals surface area (Å²) in [6.07, 6.45) is -8.41. The molecular weight excluding hydrogens is 437 g/mol. The Bertz CT molecular complexity index is 807. The maximum Gasteiger partial charge on any atom is 0.406 e. The van der Waals surface area contributed by atoms with Crippen molar-refractivity contribution < 1.29 is 40.1 Å². The number of thioether (sulfide) groups is 1. The van der Waals surface area contributed by atoms with Gasteiger partial charge in [-0.25, -0.2) is 9.38 Å². The third kappa shape index (κ3) is 5.77. The molecule has 1 atom stereocenters. The number of hydrogen-bond acceptors (Lipinski definition) is 4. The molecule has 0 saturated carbocycles. The molecule has 1 saturated heterocycles. The standard InChI is InChI=1S/C15H15F7N2O2S2/c1-8-3-9(16)10(4-11(8)28(2,26)7-15(20,21)22)23-13-24(6-14(17,18)19)12(25)5-27-13/h3-4,26H,5-7H2,1-2H3. The summed E-state index contributed by atoms with van der Waals surface area (Å²) in [6.45, 7) is -0.313. The number of nitrogens with zero attached hydrogens (tertiary/aromatic N) is 2. The van der Waals surface area contributed by atoms with E-state index in [2.05, 4.69) is 4.99 Å². The van der Waals surface area contributed by atoms with Gasteiger partial charge in [0.05, 0.1) is 11.5 Å². The Morgan fingerprint density at radius 2 is 1.82 bits per heavy atom. The summed E-state index contributed by atoms with van der Waals surface area (Å²) in [5.74, 6) is -3.73. The number of amidine groups is 1. The fourth-order valence-electron chi connectivity index (χ4n) is 2.52. The van der Waals surface area contributed by atoms with Crippen LogP contribution in [0.25, 0.3) is 0 Å². The first kappa shape index (κ1) is 22.8. The molecule has 1 N–H and O–H groups in total. The van der Waals surface area contributed by atoms with Crippen molar-refractivity contribution >= 4 is 38.8 Å². The largest absolute Gasteiger partial charge is 0.406 e. The van der Waals surface area contributed by atoms with Gasteiger partial charge in [-0.1, -0.05) is 11.8 Å². The van der Waals surface area contributed by atoms with E-state index in [1.165, 1.54) is 6.92 Å². The maximum atomic E-state index is 14.2. The third-order valence-corrected chi connectivity index (χ3v) is 6.81. The normalized spacial score (nSPS) is 20.6. The average molecular weight is 452 g/mol. The lowest BCUT2D eigenvalue weighted by atomic mass is 10.2. The van der Waals surface area contributed by atoms with Gasteiger partial charge in [-0.2, -0.15) is 26.3 Å². The summed E-state index contributed by atoms with van der Waals surface area (Å²) in [5.41, 5.74) is -0.507. The number of rotatable bonds is 4. The zero-order chi connectivity index (χ0) is 21.5. The molecule has 28 heavy (non-hydrogen) atoms. The Balaban J connectivity index is 2.46. The summed E-state index contributed by atoms with van der Waals surface area (Å²) in [6, 6.07) is 1.73. The Morgan fingerprint density at radius 3 is 2.36 bits per heavy atom. The number of benzene rings is 1. The van der Waals surface area contributed by atoms with Gasteiger partial charge in [-0.05, 0) is 30.9 Å². The Hall–Kier alpha value is -1.47. The van der Waals surface area contributed by atoms with Crippen LogP contribution < -0.4 is 0 Å². The molecule has 0 aliphatic carbocycles. The molecule has 0 radical (unpaired) electrons. The summed E-state index contributed by atoms with van der Waals surface area (Å²) in [4.78, 5) is 15.5. The van der Waals surface area contributed by atoms with Gasteiger partial charge >= 0.3 is 12.4 Å². The fourth-order valence-corrected chi connectivity index (χ4v) is 5.32. The second kappa shape index (κ2) is 7.75. The van der Waals surface area contributed by atoms with Crippen LogP contribution in [0.15, 0.2) is 22.0 Å². The molecular formula is C15H15F7N2O2S2. The fraction of sp³-hybridized carbons (Fsp3) is 0.467. The number of aryl methyl sites for hydroxylation is 1. The highest BCUT2D eigenvalue weighted by Crippen LogP contribution is 2.54. The number of alkyl halides is 6. The molecule has 1 aromatic carbocycles. The minimum Gasteiger partial charge on any atom is -0.347 e. The number of halogens is 7. The van der Waals surface area contributed by atoms with Crippen LogP contribution in [0.1, 0.15) is 5.56 Å². The van der Waals surface area contributed by atoms with Crippen molar-refractivity contribution in [1.29, 1.82) is 0 Å². The minimum absolute atomic E-state index is 0.0491. The highest BCUT2D eigenvalue weighted by Gasteiger charge is 2.40. The van der Waals surface area contributed by atoms with E-state index in [1.807, 2.05) is 0 Å². The number of hydrogen-bond donors (Lipinski definition) is 1. The molecule has 0 aromatic heterocycles. The molecule has 13 heteroatoms. The highest BCUT2D eigenvalue weighted by atomic mass is 32.3. The number of carbonyl (C=O) groups excluding carboxylic acids is 1. The zero-order valence-electron chi connectivity index (χ0n) is 14.5. The van der Waals surface area contributed by atoms with Crippen molar-refractivity contribution in [2.45, 2.75) is 24.2 Å². The van der Waals surface area contributed by atoms with E-state index in [4.69, 9.17) is 0 Å². The van der Waals surface area contributed by atoms with Gasteiger partial charge < -0.3 is 4.55 Å². The first-order chi connectivity index (χ1) is 12.6. The van der Waals surface area contributed by atoms with Crippen molar-refractivity contribution in [1.82, 2.24) is 4.90 Å². The Labute approximate surface area is 161 Å². The predicted molar refractivity (Wildman–Crippen MR) is 93.8 cm³/mol. The van der Waals surface area contributed by atoms with Crippen molar-refractivity contribution in [3.63, 3.8) is 0 Å². The van der Waals surface area contributed by atoms with Crippen LogP contribution in [0.2, 0.25) is 0 Å². The average Bonchev–Trinajstić information content (AvgIpc) is 2.78. The lowest BCUT2D eigenvalue weighted by Crippen LogP contribution is -2.38. The van der Waals surface area contributed by atoms with E-state index >= 15 is 0 Å². The highest BCUT2D eigenvalue weighted by molar-refractivity contribution is 8.28. The van der Waals surface area contributed by atoms with Gasteiger partial charge in [0.15, 0.2) is 5.17 Å². The molecule has 1 aliphatic rings. The van der Waals surface area contributed by atoms with Crippen molar-refractivity contribution in [2.24, 2.45) is 4.99 Å². The maximum absolute atomic E-state index is 14.2. The van der Waals surface area contributed by atoms with Crippen molar-refractivity contribution in [2.75, 3.05) is 24.3 Å². The van der Waals surface area contributed by atoms with Crippen LogP contribution >= 0.6 is 22.1 Å². The summed E-state index contributed by atoms with van der Waals surface area (Å²) < 4.78 is 101. The van der Waals surface area contributed by atoms with Crippen LogP contribution in [0.3, 0.4) is 0 Å². The quantitative estimate of drug-likeness (QED) is 0.648. The van der Waals surface area contributed by atoms with Gasteiger partial charge in [0.25, 0.3) is 0 Å². The SMILES string of the molecule is Cc1cc(F)c(N=C2SCC(=O)N2CC(F)(F)F)cc1S(C)(O)CC(F)(F)F. The Morgan fingerprint density at radius 1 is 1.21 bits per heavy atom. The smallest absolute Gasteiger partial charge is 0.347 e. The third-order valence-electron chi connectivity index (χ3n) is 3.57. The van der Waals surface area contributed by atoms with E-state index in [0.717, 1.165) is 18.4 Å². The summed E-state index contributed by atoms with van der Waals surface area (Å²) >= 11 is 0.654. The molecule has 158 valence electrons. The van der Waals surface area contributed by atoms with E-state index < -0.39 is 57.5 Å². The second-order valence-corrected chi connectivity index (χ2v) is 9.90. The van der Waals surface area contributed by atoms with Crippen LogP contribution in [0.4, 0.5) is 36.4 Å². The number of aliphatic imine (C=N–C) groups is 1. The zero-order valence-corrected chi connectivity index (χ0v) is 16.1. The molecule has 0 bridgehead atoms. The summed E-state index contributed by atoms with van der Waals surface area (Å²) in [5, 5.41) is -0.415. The van der Waals surface area contributed by atoms with Crippen molar-refractivity contribution in [3.05, 3.63) is 23.5 Å². The predicted octanol–water partition coefficient (Wildman–Crippen LogP) is 5.09. The molecule has 1 fully saturated rings. The van der Waals surface area contributed by atoms with E-state index in [0.29, 0.717) is 16.7 Å². The molecule has 1 heterocycles.